The number of aliphatic hydroxyl groups excluding tert-OH is 1. The van der Waals surface area contributed by atoms with Gasteiger partial charge in [-0.2, -0.15) is 0 Å². The zero-order chi connectivity index (χ0) is 22.1. The standard InChI is InChI=1S/C25H26N2O4/c1-2-16-26(17-20-8-10-22(11-9-20)21-6-4-3-5-7-21)18-24(28)19-31-25-14-12-23(13-15-25)27(29)30/h2-15,24,28H,1,16-19H2. The van der Waals surface area contributed by atoms with Gasteiger partial charge in [-0.05, 0) is 28.8 Å². The second-order valence-corrected chi connectivity index (χ2v) is 7.26. The lowest BCUT2D eigenvalue weighted by Crippen LogP contribution is -2.35. The van der Waals surface area contributed by atoms with E-state index in [0.29, 0.717) is 25.4 Å². The molecule has 0 fully saturated rings. The fourth-order valence-electron chi connectivity index (χ4n) is 3.28. The largest absolute Gasteiger partial charge is 0.491 e. The summed E-state index contributed by atoms with van der Waals surface area (Å²) in [5, 5.41) is 21.1. The van der Waals surface area contributed by atoms with E-state index in [0.717, 1.165) is 11.1 Å². The Morgan fingerprint density at radius 3 is 2.26 bits per heavy atom. The number of rotatable bonds is 11. The van der Waals surface area contributed by atoms with Crippen LogP contribution in [0.5, 0.6) is 5.75 Å². The first kappa shape index (κ1) is 22.2. The Hall–Kier alpha value is -3.48. The molecule has 0 aliphatic carbocycles. The molecule has 0 aromatic heterocycles. The van der Waals surface area contributed by atoms with Crippen LogP contribution in [0.1, 0.15) is 5.56 Å². The summed E-state index contributed by atoms with van der Waals surface area (Å²) in [5.41, 5.74) is 3.49. The summed E-state index contributed by atoms with van der Waals surface area (Å²) in [4.78, 5) is 12.3. The monoisotopic (exact) mass is 418 g/mol. The highest BCUT2D eigenvalue weighted by molar-refractivity contribution is 5.63. The summed E-state index contributed by atoms with van der Waals surface area (Å²) in [7, 11) is 0. The van der Waals surface area contributed by atoms with Crippen molar-refractivity contribution in [1.82, 2.24) is 4.90 Å². The first-order valence-electron chi connectivity index (χ1n) is 10.1. The van der Waals surface area contributed by atoms with Crippen LogP contribution >= 0.6 is 0 Å². The lowest BCUT2D eigenvalue weighted by Gasteiger charge is -2.24. The predicted molar refractivity (Wildman–Crippen MR) is 122 cm³/mol. The molecule has 0 saturated heterocycles. The molecule has 31 heavy (non-hydrogen) atoms. The van der Waals surface area contributed by atoms with Crippen LogP contribution < -0.4 is 4.74 Å². The maximum atomic E-state index is 10.7. The molecule has 1 N–H and O–H groups in total. The number of nitro benzene ring substituents is 1. The van der Waals surface area contributed by atoms with Gasteiger partial charge in [0.1, 0.15) is 18.5 Å². The summed E-state index contributed by atoms with van der Waals surface area (Å²) >= 11 is 0. The molecule has 0 radical (unpaired) electrons. The van der Waals surface area contributed by atoms with Crippen molar-refractivity contribution in [2.45, 2.75) is 12.6 Å². The summed E-state index contributed by atoms with van der Waals surface area (Å²) in [6, 6.07) is 24.4. The molecule has 3 aromatic rings. The third-order valence-corrected chi connectivity index (χ3v) is 4.81. The minimum Gasteiger partial charge on any atom is -0.491 e. The van der Waals surface area contributed by atoms with Gasteiger partial charge < -0.3 is 9.84 Å². The van der Waals surface area contributed by atoms with E-state index in [1.165, 1.54) is 29.8 Å². The predicted octanol–water partition coefficient (Wildman–Crippen LogP) is 4.69. The first-order chi connectivity index (χ1) is 15.0. The second kappa shape index (κ2) is 11.1. The molecule has 0 amide bonds. The number of non-ortho nitro benzene ring substituents is 1. The molecule has 1 atom stereocenters. The van der Waals surface area contributed by atoms with Crippen LogP contribution in [0.15, 0.2) is 91.5 Å². The Morgan fingerprint density at radius 2 is 1.65 bits per heavy atom. The number of hydrogen-bond donors (Lipinski definition) is 1. The van der Waals surface area contributed by atoms with E-state index in [1.54, 1.807) is 0 Å². The molecular weight excluding hydrogens is 392 g/mol. The van der Waals surface area contributed by atoms with Crippen molar-refractivity contribution in [3.63, 3.8) is 0 Å². The molecule has 0 heterocycles. The van der Waals surface area contributed by atoms with Crippen LogP contribution in [0.2, 0.25) is 0 Å². The van der Waals surface area contributed by atoms with Gasteiger partial charge in [0.15, 0.2) is 0 Å². The van der Waals surface area contributed by atoms with Crippen LogP contribution in [0.4, 0.5) is 5.69 Å². The Labute approximate surface area is 182 Å². The topological polar surface area (TPSA) is 75.8 Å². The minimum atomic E-state index is -0.710. The van der Waals surface area contributed by atoms with Gasteiger partial charge in [0.2, 0.25) is 0 Å². The number of aliphatic hydroxyl groups is 1. The maximum Gasteiger partial charge on any atom is 0.269 e. The average Bonchev–Trinajstić information content (AvgIpc) is 2.79. The maximum absolute atomic E-state index is 10.7. The Kier molecular flexibility index (Phi) is 7.92. The molecule has 1 unspecified atom stereocenters. The Bertz CT molecular complexity index is 973. The molecule has 0 spiro atoms. The zero-order valence-electron chi connectivity index (χ0n) is 17.3. The number of benzene rings is 3. The van der Waals surface area contributed by atoms with Gasteiger partial charge in [0.25, 0.3) is 5.69 Å². The Balaban J connectivity index is 1.53. The van der Waals surface area contributed by atoms with E-state index in [-0.39, 0.29) is 12.3 Å². The molecule has 6 heteroatoms. The number of nitrogens with zero attached hydrogens (tertiary/aromatic N) is 2. The molecule has 3 aromatic carbocycles. The van der Waals surface area contributed by atoms with Crippen molar-refractivity contribution >= 4 is 5.69 Å². The fraction of sp³-hybridized carbons (Fsp3) is 0.200. The van der Waals surface area contributed by atoms with Gasteiger partial charge in [-0.1, -0.05) is 60.7 Å². The lowest BCUT2D eigenvalue weighted by atomic mass is 10.0. The van der Waals surface area contributed by atoms with Gasteiger partial charge in [-0.15, -0.1) is 6.58 Å². The normalized spacial score (nSPS) is 11.8. The van der Waals surface area contributed by atoms with Crippen LogP contribution in [0, 0.1) is 10.1 Å². The van der Waals surface area contributed by atoms with Crippen molar-refractivity contribution in [2.75, 3.05) is 19.7 Å². The van der Waals surface area contributed by atoms with E-state index >= 15 is 0 Å². The fourth-order valence-corrected chi connectivity index (χ4v) is 3.28. The molecule has 0 bridgehead atoms. The molecule has 3 rings (SSSR count). The van der Waals surface area contributed by atoms with E-state index in [4.69, 9.17) is 4.74 Å². The van der Waals surface area contributed by atoms with Crippen molar-refractivity contribution in [1.29, 1.82) is 0 Å². The van der Waals surface area contributed by atoms with Gasteiger partial charge in [-0.3, -0.25) is 15.0 Å². The van der Waals surface area contributed by atoms with Crippen molar-refractivity contribution in [2.24, 2.45) is 0 Å². The van der Waals surface area contributed by atoms with E-state index in [2.05, 4.69) is 47.9 Å². The SMILES string of the molecule is C=CCN(Cc1ccc(-c2ccccc2)cc1)CC(O)COc1ccc([N+](=O)[O-])cc1. The number of nitro groups is 1. The summed E-state index contributed by atoms with van der Waals surface area (Å²) in [5.74, 6) is 0.483. The third-order valence-electron chi connectivity index (χ3n) is 4.81. The summed E-state index contributed by atoms with van der Waals surface area (Å²) in [6.45, 7) is 5.63. The van der Waals surface area contributed by atoms with Crippen LogP contribution in [-0.2, 0) is 6.54 Å². The van der Waals surface area contributed by atoms with Crippen LogP contribution in [0.25, 0.3) is 11.1 Å². The van der Waals surface area contributed by atoms with Gasteiger partial charge in [0, 0.05) is 31.8 Å². The number of hydrogen-bond acceptors (Lipinski definition) is 5. The lowest BCUT2D eigenvalue weighted by molar-refractivity contribution is -0.384. The zero-order valence-corrected chi connectivity index (χ0v) is 17.3. The minimum absolute atomic E-state index is 0.00309. The van der Waals surface area contributed by atoms with Crippen molar-refractivity contribution < 1.29 is 14.8 Å². The average molecular weight is 418 g/mol. The molecule has 0 aliphatic rings. The molecular formula is C25H26N2O4. The highest BCUT2D eigenvalue weighted by atomic mass is 16.6. The van der Waals surface area contributed by atoms with E-state index < -0.39 is 11.0 Å². The quantitative estimate of drug-likeness (QED) is 0.278. The summed E-state index contributed by atoms with van der Waals surface area (Å²) in [6.07, 6.45) is 1.10. The number of ether oxygens (including phenoxy) is 1. The smallest absolute Gasteiger partial charge is 0.269 e. The first-order valence-corrected chi connectivity index (χ1v) is 10.1. The van der Waals surface area contributed by atoms with Gasteiger partial charge in [0.05, 0.1) is 4.92 Å². The van der Waals surface area contributed by atoms with Crippen molar-refractivity contribution in [3.8, 4) is 16.9 Å². The van der Waals surface area contributed by atoms with Gasteiger partial charge >= 0.3 is 0 Å². The molecule has 160 valence electrons. The van der Waals surface area contributed by atoms with Crippen molar-refractivity contribution in [3.05, 3.63) is 107 Å². The van der Waals surface area contributed by atoms with E-state index in [1.807, 2.05) is 24.3 Å². The van der Waals surface area contributed by atoms with Crippen LogP contribution in [-0.4, -0.2) is 40.7 Å². The second-order valence-electron chi connectivity index (χ2n) is 7.26. The molecule has 0 saturated carbocycles. The highest BCUT2D eigenvalue weighted by Gasteiger charge is 2.13. The van der Waals surface area contributed by atoms with Gasteiger partial charge in [-0.25, -0.2) is 0 Å². The third kappa shape index (κ3) is 6.77. The van der Waals surface area contributed by atoms with Crippen LogP contribution in [0.3, 0.4) is 0 Å². The Morgan fingerprint density at radius 1 is 1.00 bits per heavy atom. The molecule has 6 nitrogen and oxygen atoms in total. The highest BCUT2D eigenvalue weighted by Crippen LogP contribution is 2.20. The molecule has 0 aliphatic heterocycles. The van der Waals surface area contributed by atoms with E-state index in [9.17, 15) is 15.2 Å². The summed E-state index contributed by atoms with van der Waals surface area (Å²) < 4.78 is 5.57.